The van der Waals surface area contributed by atoms with E-state index in [1.165, 1.54) is 12.8 Å². The molecule has 0 saturated heterocycles. The monoisotopic (exact) mass is 258 g/mol. The molecule has 0 aromatic rings. The third-order valence-electron chi connectivity index (χ3n) is 3.26. The fourth-order valence-electron chi connectivity index (χ4n) is 2.05. The van der Waals surface area contributed by atoms with Crippen LogP contribution in [-0.4, -0.2) is 32.3 Å². The number of nitrogens with one attached hydrogen (secondary N) is 2. The van der Waals surface area contributed by atoms with Gasteiger partial charge in [-0.25, -0.2) is 4.79 Å². The Bertz CT molecular complexity index is 210. The van der Waals surface area contributed by atoms with E-state index in [0.29, 0.717) is 18.6 Å². The standard InChI is InChI=1S/C14H30N2O2/c1-5-8-10-16-13(9-6-2)12(7-3)11-18-14(17)15-4/h12-13,16H,5-11H2,1-4H3,(H,15,17). The zero-order valence-electron chi connectivity index (χ0n) is 12.4. The van der Waals surface area contributed by atoms with Crippen LogP contribution in [0.2, 0.25) is 0 Å². The van der Waals surface area contributed by atoms with Crippen molar-refractivity contribution in [3.63, 3.8) is 0 Å². The molecule has 0 aromatic carbocycles. The Morgan fingerprint density at radius 2 is 1.94 bits per heavy atom. The highest BCUT2D eigenvalue weighted by atomic mass is 16.5. The first kappa shape index (κ1) is 17.2. The number of hydrogen-bond acceptors (Lipinski definition) is 3. The topological polar surface area (TPSA) is 50.4 Å². The van der Waals surface area contributed by atoms with Crippen molar-refractivity contribution in [2.24, 2.45) is 5.92 Å². The van der Waals surface area contributed by atoms with E-state index in [-0.39, 0.29) is 6.09 Å². The highest BCUT2D eigenvalue weighted by Gasteiger charge is 2.20. The molecule has 0 aliphatic carbocycles. The van der Waals surface area contributed by atoms with Crippen molar-refractivity contribution in [3.8, 4) is 0 Å². The summed E-state index contributed by atoms with van der Waals surface area (Å²) in [5.41, 5.74) is 0. The first-order chi connectivity index (χ1) is 8.69. The predicted octanol–water partition coefficient (Wildman–Crippen LogP) is 2.93. The van der Waals surface area contributed by atoms with Gasteiger partial charge >= 0.3 is 6.09 Å². The lowest BCUT2D eigenvalue weighted by atomic mass is 9.94. The maximum atomic E-state index is 11.1. The van der Waals surface area contributed by atoms with Crippen LogP contribution in [0, 0.1) is 5.92 Å². The minimum absolute atomic E-state index is 0.336. The van der Waals surface area contributed by atoms with Crippen molar-refractivity contribution in [3.05, 3.63) is 0 Å². The summed E-state index contributed by atoms with van der Waals surface area (Å²) in [6.45, 7) is 8.10. The van der Waals surface area contributed by atoms with Crippen molar-refractivity contribution in [2.75, 3.05) is 20.2 Å². The zero-order valence-corrected chi connectivity index (χ0v) is 12.4. The minimum Gasteiger partial charge on any atom is -0.449 e. The van der Waals surface area contributed by atoms with Gasteiger partial charge in [-0.2, -0.15) is 0 Å². The first-order valence-corrected chi connectivity index (χ1v) is 7.27. The van der Waals surface area contributed by atoms with E-state index in [2.05, 4.69) is 31.4 Å². The molecule has 0 aliphatic rings. The van der Waals surface area contributed by atoms with Gasteiger partial charge in [0.25, 0.3) is 0 Å². The fraction of sp³-hybridized carbons (Fsp3) is 0.929. The van der Waals surface area contributed by atoms with Crippen LogP contribution in [0.15, 0.2) is 0 Å². The summed E-state index contributed by atoms with van der Waals surface area (Å²) in [6, 6.07) is 0.455. The van der Waals surface area contributed by atoms with Crippen LogP contribution in [0.3, 0.4) is 0 Å². The molecule has 4 heteroatoms. The van der Waals surface area contributed by atoms with Crippen LogP contribution in [0.4, 0.5) is 4.79 Å². The average molecular weight is 258 g/mol. The van der Waals surface area contributed by atoms with Gasteiger partial charge in [0.15, 0.2) is 0 Å². The van der Waals surface area contributed by atoms with Gasteiger partial charge in [0.1, 0.15) is 0 Å². The summed E-state index contributed by atoms with van der Waals surface area (Å²) >= 11 is 0. The number of hydrogen-bond donors (Lipinski definition) is 2. The highest BCUT2D eigenvalue weighted by Crippen LogP contribution is 2.14. The van der Waals surface area contributed by atoms with E-state index in [1.807, 2.05) is 0 Å². The van der Waals surface area contributed by atoms with Gasteiger partial charge in [-0.15, -0.1) is 0 Å². The van der Waals surface area contributed by atoms with Crippen molar-refractivity contribution in [1.29, 1.82) is 0 Å². The summed E-state index contributed by atoms with van der Waals surface area (Å²) in [4.78, 5) is 11.1. The lowest BCUT2D eigenvalue weighted by molar-refractivity contribution is 0.114. The van der Waals surface area contributed by atoms with Gasteiger partial charge in [-0.3, -0.25) is 0 Å². The number of alkyl carbamates (subject to hydrolysis) is 1. The molecule has 1 amide bonds. The fourth-order valence-corrected chi connectivity index (χ4v) is 2.05. The number of unbranched alkanes of at least 4 members (excludes halogenated alkanes) is 1. The second-order valence-electron chi connectivity index (χ2n) is 4.72. The molecule has 0 spiro atoms. The highest BCUT2D eigenvalue weighted by molar-refractivity contribution is 5.66. The first-order valence-electron chi connectivity index (χ1n) is 7.27. The molecule has 0 heterocycles. The van der Waals surface area contributed by atoms with Crippen molar-refractivity contribution in [1.82, 2.24) is 10.6 Å². The Balaban J connectivity index is 4.18. The zero-order chi connectivity index (χ0) is 13.8. The normalized spacial score (nSPS) is 14.0. The molecule has 0 aromatic heterocycles. The predicted molar refractivity (Wildman–Crippen MR) is 75.8 cm³/mol. The van der Waals surface area contributed by atoms with Gasteiger partial charge in [-0.1, -0.05) is 33.6 Å². The average Bonchev–Trinajstić information content (AvgIpc) is 2.39. The van der Waals surface area contributed by atoms with E-state index in [1.54, 1.807) is 7.05 Å². The summed E-state index contributed by atoms with van der Waals surface area (Å²) in [6.07, 6.45) is 5.39. The third-order valence-corrected chi connectivity index (χ3v) is 3.26. The van der Waals surface area contributed by atoms with Crippen LogP contribution in [0.1, 0.15) is 52.9 Å². The second-order valence-corrected chi connectivity index (χ2v) is 4.72. The van der Waals surface area contributed by atoms with Gasteiger partial charge in [0, 0.05) is 19.0 Å². The van der Waals surface area contributed by atoms with Gasteiger partial charge in [0.2, 0.25) is 0 Å². The number of ether oxygens (including phenoxy) is 1. The molecule has 0 fully saturated rings. The quantitative estimate of drug-likeness (QED) is 0.592. The Kier molecular flexibility index (Phi) is 10.8. The molecular weight excluding hydrogens is 228 g/mol. The second kappa shape index (κ2) is 11.3. The van der Waals surface area contributed by atoms with E-state index in [0.717, 1.165) is 25.8 Å². The molecule has 0 radical (unpaired) electrons. The Labute approximate surface area is 112 Å². The summed E-state index contributed by atoms with van der Waals surface area (Å²) in [5, 5.41) is 6.09. The summed E-state index contributed by atoms with van der Waals surface area (Å²) in [5.74, 6) is 0.402. The molecule has 2 unspecified atom stereocenters. The van der Waals surface area contributed by atoms with E-state index >= 15 is 0 Å². The molecule has 0 saturated carbocycles. The van der Waals surface area contributed by atoms with E-state index in [4.69, 9.17) is 4.74 Å². The number of rotatable bonds is 10. The maximum absolute atomic E-state index is 11.1. The molecule has 108 valence electrons. The van der Waals surface area contributed by atoms with Gasteiger partial charge in [-0.05, 0) is 25.8 Å². The minimum atomic E-state index is -0.336. The Morgan fingerprint density at radius 3 is 2.44 bits per heavy atom. The molecule has 0 bridgehead atoms. The molecule has 4 nitrogen and oxygen atoms in total. The third kappa shape index (κ3) is 7.54. The lowest BCUT2D eigenvalue weighted by Crippen LogP contribution is -2.39. The van der Waals surface area contributed by atoms with E-state index < -0.39 is 0 Å². The van der Waals surface area contributed by atoms with Crippen molar-refractivity contribution in [2.45, 2.75) is 58.9 Å². The maximum Gasteiger partial charge on any atom is 0.406 e. The van der Waals surface area contributed by atoms with Gasteiger partial charge in [0.05, 0.1) is 6.61 Å². The van der Waals surface area contributed by atoms with Crippen LogP contribution >= 0.6 is 0 Å². The van der Waals surface area contributed by atoms with E-state index in [9.17, 15) is 4.79 Å². The van der Waals surface area contributed by atoms with Crippen molar-refractivity contribution < 1.29 is 9.53 Å². The number of amides is 1. The Hall–Kier alpha value is -0.770. The SMILES string of the molecule is CCCCNC(CCC)C(CC)COC(=O)NC. The van der Waals surface area contributed by atoms with Crippen LogP contribution in [0.25, 0.3) is 0 Å². The largest absolute Gasteiger partial charge is 0.449 e. The van der Waals surface area contributed by atoms with Crippen molar-refractivity contribution >= 4 is 6.09 Å². The van der Waals surface area contributed by atoms with Gasteiger partial charge < -0.3 is 15.4 Å². The number of carbonyl (C=O) groups excluding carboxylic acids is 1. The summed E-state index contributed by atoms with van der Waals surface area (Å²) < 4.78 is 5.19. The van der Waals surface area contributed by atoms with Crippen LogP contribution < -0.4 is 10.6 Å². The molecular formula is C14H30N2O2. The molecule has 18 heavy (non-hydrogen) atoms. The Morgan fingerprint density at radius 1 is 1.22 bits per heavy atom. The number of carbonyl (C=O) groups is 1. The molecule has 2 N–H and O–H groups in total. The van der Waals surface area contributed by atoms with Crippen LogP contribution in [0.5, 0.6) is 0 Å². The summed E-state index contributed by atoms with van der Waals surface area (Å²) in [7, 11) is 1.59. The lowest BCUT2D eigenvalue weighted by Gasteiger charge is -2.27. The smallest absolute Gasteiger partial charge is 0.406 e. The van der Waals surface area contributed by atoms with Crippen LogP contribution in [-0.2, 0) is 4.74 Å². The molecule has 2 atom stereocenters. The molecule has 0 aliphatic heterocycles. The molecule has 0 rings (SSSR count).